The smallest absolute Gasteiger partial charge is 0.388 e. The van der Waals surface area contributed by atoms with Gasteiger partial charge in [0, 0.05) is 6.42 Å². The highest BCUT2D eigenvalue weighted by molar-refractivity contribution is 5.26. The Bertz CT molecular complexity index is 356. The number of aliphatic hydroxyl groups is 1. The number of alkyl halides is 3. The topological polar surface area (TPSA) is 20.2 Å². The zero-order chi connectivity index (χ0) is 13.8. The molecule has 0 heterocycles. The van der Waals surface area contributed by atoms with Crippen molar-refractivity contribution in [2.45, 2.75) is 51.3 Å². The zero-order valence-electron chi connectivity index (χ0n) is 10.7. The van der Waals surface area contributed by atoms with Crippen LogP contribution in [0.4, 0.5) is 13.2 Å². The molecule has 0 aliphatic carbocycles. The molecule has 0 fully saturated rings. The third kappa shape index (κ3) is 4.69. The summed E-state index contributed by atoms with van der Waals surface area (Å²) >= 11 is 0. The summed E-state index contributed by atoms with van der Waals surface area (Å²) in [5, 5.41) is 9.67. The van der Waals surface area contributed by atoms with E-state index in [1.807, 2.05) is 12.1 Å². The third-order valence-electron chi connectivity index (χ3n) is 3.20. The first-order chi connectivity index (χ1) is 8.33. The molecule has 0 bridgehead atoms. The molecule has 1 aromatic carbocycles. The van der Waals surface area contributed by atoms with Crippen LogP contribution in [0.25, 0.3) is 0 Å². The highest BCUT2D eigenvalue weighted by Crippen LogP contribution is 2.28. The molecular weight excluding hydrogens is 241 g/mol. The van der Waals surface area contributed by atoms with Crippen molar-refractivity contribution >= 4 is 0 Å². The molecule has 0 amide bonds. The van der Waals surface area contributed by atoms with Gasteiger partial charge in [0.05, 0.1) is 6.10 Å². The quantitative estimate of drug-likeness (QED) is 0.821. The van der Waals surface area contributed by atoms with Gasteiger partial charge in [-0.2, -0.15) is 13.2 Å². The minimum atomic E-state index is -4.21. The van der Waals surface area contributed by atoms with E-state index in [4.69, 9.17) is 0 Å². The van der Waals surface area contributed by atoms with Gasteiger partial charge in [0.25, 0.3) is 0 Å². The Balaban J connectivity index is 2.62. The minimum Gasteiger partial charge on any atom is -0.388 e. The third-order valence-corrected chi connectivity index (χ3v) is 3.20. The van der Waals surface area contributed by atoms with Crippen LogP contribution in [0, 0.1) is 0 Å². The first kappa shape index (κ1) is 15.0. The standard InChI is InChI=1S/C14H19F3O/c1-3-10(2)11-4-6-12(7-5-11)13(18)8-9-14(15,16)17/h4-7,10,13,18H,3,8-9H2,1-2H3. The van der Waals surface area contributed by atoms with E-state index in [9.17, 15) is 18.3 Å². The van der Waals surface area contributed by atoms with Crippen LogP contribution >= 0.6 is 0 Å². The van der Waals surface area contributed by atoms with Crippen LogP contribution in [-0.2, 0) is 0 Å². The maximum absolute atomic E-state index is 12.0. The van der Waals surface area contributed by atoms with Crippen molar-refractivity contribution in [3.63, 3.8) is 0 Å². The van der Waals surface area contributed by atoms with Crippen molar-refractivity contribution < 1.29 is 18.3 Å². The van der Waals surface area contributed by atoms with Crippen LogP contribution in [0.3, 0.4) is 0 Å². The molecule has 1 aromatic rings. The van der Waals surface area contributed by atoms with E-state index in [0.717, 1.165) is 12.0 Å². The number of aliphatic hydroxyl groups excluding tert-OH is 1. The Morgan fingerprint density at radius 1 is 1.11 bits per heavy atom. The molecule has 1 nitrogen and oxygen atoms in total. The molecule has 0 aliphatic rings. The SMILES string of the molecule is CCC(C)c1ccc(C(O)CCC(F)(F)F)cc1. The first-order valence-electron chi connectivity index (χ1n) is 6.18. The lowest BCUT2D eigenvalue weighted by molar-refractivity contribution is -0.140. The normalized spacial score (nSPS) is 15.4. The Hall–Kier alpha value is -1.03. The molecular formula is C14H19F3O. The van der Waals surface area contributed by atoms with E-state index in [0.29, 0.717) is 11.5 Å². The average molecular weight is 260 g/mol. The summed E-state index contributed by atoms with van der Waals surface area (Å²) in [5.41, 5.74) is 1.69. The average Bonchev–Trinajstić information content (AvgIpc) is 2.34. The molecule has 18 heavy (non-hydrogen) atoms. The molecule has 1 rings (SSSR count). The van der Waals surface area contributed by atoms with E-state index in [-0.39, 0.29) is 6.42 Å². The molecule has 1 N–H and O–H groups in total. The van der Waals surface area contributed by atoms with Gasteiger partial charge in [0.2, 0.25) is 0 Å². The predicted octanol–water partition coefficient (Wildman–Crippen LogP) is 4.58. The van der Waals surface area contributed by atoms with E-state index in [1.54, 1.807) is 12.1 Å². The molecule has 0 radical (unpaired) electrons. The van der Waals surface area contributed by atoms with E-state index in [1.165, 1.54) is 0 Å². The number of hydrogen-bond donors (Lipinski definition) is 1. The largest absolute Gasteiger partial charge is 0.389 e. The van der Waals surface area contributed by atoms with Gasteiger partial charge in [0.1, 0.15) is 0 Å². The van der Waals surface area contributed by atoms with Gasteiger partial charge < -0.3 is 5.11 Å². The lowest BCUT2D eigenvalue weighted by atomic mass is 9.96. The Kier molecular flexibility index (Phi) is 5.20. The van der Waals surface area contributed by atoms with Crippen molar-refractivity contribution in [3.05, 3.63) is 35.4 Å². The van der Waals surface area contributed by atoms with Crippen molar-refractivity contribution in [1.82, 2.24) is 0 Å². The second kappa shape index (κ2) is 6.23. The van der Waals surface area contributed by atoms with E-state index in [2.05, 4.69) is 13.8 Å². The Morgan fingerprint density at radius 3 is 2.06 bits per heavy atom. The van der Waals surface area contributed by atoms with Crippen molar-refractivity contribution in [1.29, 1.82) is 0 Å². The molecule has 102 valence electrons. The lowest BCUT2D eigenvalue weighted by Crippen LogP contribution is -2.10. The van der Waals surface area contributed by atoms with Gasteiger partial charge in [0.15, 0.2) is 0 Å². The molecule has 0 aromatic heterocycles. The molecule has 2 atom stereocenters. The summed E-state index contributed by atoms with van der Waals surface area (Å²) in [4.78, 5) is 0. The van der Waals surface area contributed by atoms with Gasteiger partial charge in [-0.15, -0.1) is 0 Å². The van der Waals surface area contributed by atoms with Crippen molar-refractivity contribution in [2.75, 3.05) is 0 Å². The summed E-state index contributed by atoms with van der Waals surface area (Å²) in [5.74, 6) is 0.423. The van der Waals surface area contributed by atoms with Gasteiger partial charge in [-0.1, -0.05) is 38.1 Å². The first-order valence-corrected chi connectivity index (χ1v) is 6.18. The monoisotopic (exact) mass is 260 g/mol. The highest BCUT2D eigenvalue weighted by atomic mass is 19.4. The molecule has 0 spiro atoms. The number of hydrogen-bond acceptors (Lipinski definition) is 1. The highest BCUT2D eigenvalue weighted by Gasteiger charge is 2.28. The summed E-state index contributed by atoms with van der Waals surface area (Å²) in [6.45, 7) is 4.17. The molecule has 4 heteroatoms. The summed E-state index contributed by atoms with van der Waals surface area (Å²) in [6, 6.07) is 7.17. The predicted molar refractivity (Wildman–Crippen MR) is 65.4 cm³/mol. The van der Waals surface area contributed by atoms with Gasteiger partial charge in [-0.3, -0.25) is 0 Å². The summed E-state index contributed by atoms with van der Waals surface area (Å²) < 4.78 is 36.1. The Labute approximate surface area is 106 Å². The van der Waals surface area contributed by atoms with Crippen molar-refractivity contribution in [2.24, 2.45) is 0 Å². The number of rotatable bonds is 5. The molecule has 2 unspecified atom stereocenters. The Morgan fingerprint density at radius 2 is 1.61 bits per heavy atom. The van der Waals surface area contributed by atoms with Crippen LogP contribution < -0.4 is 0 Å². The maximum atomic E-state index is 12.0. The molecule has 0 saturated heterocycles. The van der Waals surface area contributed by atoms with E-state index < -0.39 is 18.7 Å². The van der Waals surface area contributed by atoms with Crippen LogP contribution in [-0.4, -0.2) is 11.3 Å². The second-order valence-electron chi connectivity index (χ2n) is 4.65. The minimum absolute atomic E-state index is 0.286. The fraction of sp³-hybridized carbons (Fsp3) is 0.571. The van der Waals surface area contributed by atoms with Gasteiger partial charge in [-0.25, -0.2) is 0 Å². The molecule has 0 aliphatic heterocycles. The summed E-state index contributed by atoms with van der Waals surface area (Å²) in [6.07, 6.45) is -5.49. The van der Waals surface area contributed by atoms with Gasteiger partial charge in [-0.05, 0) is 29.9 Å². The lowest BCUT2D eigenvalue weighted by Gasteiger charge is -2.14. The van der Waals surface area contributed by atoms with Crippen LogP contribution in [0.15, 0.2) is 24.3 Å². The van der Waals surface area contributed by atoms with Crippen LogP contribution in [0.5, 0.6) is 0 Å². The van der Waals surface area contributed by atoms with Crippen LogP contribution in [0.1, 0.15) is 56.3 Å². The zero-order valence-corrected chi connectivity index (χ0v) is 10.7. The van der Waals surface area contributed by atoms with Crippen LogP contribution in [0.2, 0.25) is 0 Å². The van der Waals surface area contributed by atoms with Gasteiger partial charge >= 0.3 is 6.18 Å². The second-order valence-corrected chi connectivity index (χ2v) is 4.65. The van der Waals surface area contributed by atoms with Crippen molar-refractivity contribution in [3.8, 4) is 0 Å². The maximum Gasteiger partial charge on any atom is 0.389 e. The number of halogens is 3. The molecule has 0 saturated carbocycles. The fourth-order valence-electron chi connectivity index (χ4n) is 1.75. The number of benzene rings is 1. The summed E-state index contributed by atoms with van der Waals surface area (Å²) in [7, 11) is 0. The fourth-order valence-corrected chi connectivity index (χ4v) is 1.75. The van der Waals surface area contributed by atoms with E-state index >= 15 is 0 Å².